The number of benzene rings is 1. The van der Waals surface area contributed by atoms with Crippen molar-refractivity contribution < 1.29 is 13.2 Å². The van der Waals surface area contributed by atoms with Gasteiger partial charge in [-0.25, -0.2) is 8.42 Å². The minimum atomic E-state index is -3.53. The molecule has 0 aliphatic carbocycles. The maximum Gasteiger partial charge on any atom is 0.243 e. The molecule has 1 atom stereocenters. The van der Waals surface area contributed by atoms with E-state index in [0.717, 1.165) is 0 Å². The molecule has 1 fully saturated rings. The second kappa shape index (κ2) is 6.41. The molecule has 1 unspecified atom stereocenters. The van der Waals surface area contributed by atoms with Crippen LogP contribution < -0.4 is 0 Å². The van der Waals surface area contributed by atoms with Gasteiger partial charge in [0.05, 0.1) is 29.2 Å². The number of hydrogen-bond donors (Lipinski definition) is 0. The second-order valence-electron chi connectivity index (χ2n) is 4.07. The molecular formula is C11H12Br2ClNO3S. The van der Waals surface area contributed by atoms with Crippen molar-refractivity contribution in [1.82, 2.24) is 4.31 Å². The molecule has 0 bridgehead atoms. The van der Waals surface area contributed by atoms with Gasteiger partial charge in [-0.3, -0.25) is 0 Å². The Morgan fingerprint density at radius 1 is 1.47 bits per heavy atom. The van der Waals surface area contributed by atoms with E-state index in [1.54, 1.807) is 6.07 Å². The first-order chi connectivity index (χ1) is 8.96. The Hall–Kier alpha value is 0.340. The number of nitrogens with zero attached hydrogens (tertiary/aromatic N) is 1. The Balaban J connectivity index is 2.37. The minimum Gasteiger partial charge on any atom is -0.378 e. The number of sulfonamides is 1. The summed E-state index contributed by atoms with van der Waals surface area (Å²) >= 11 is 12.5. The van der Waals surface area contributed by atoms with Gasteiger partial charge in [0, 0.05) is 16.3 Å². The summed E-state index contributed by atoms with van der Waals surface area (Å²) in [7, 11) is -3.53. The second-order valence-corrected chi connectivity index (χ2v) is 7.87. The molecule has 2 rings (SSSR count). The van der Waals surface area contributed by atoms with Gasteiger partial charge in [-0.15, -0.1) is 0 Å². The van der Waals surface area contributed by atoms with Gasteiger partial charge < -0.3 is 4.74 Å². The summed E-state index contributed by atoms with van der Waals surface area (Å²) in [6.45, 7) is 1.18. The Morgan fingerprint density at radius 3 is 2.84 bits per heavy atom. The first-order valence-electron chi connectivity index (χ1n) is 5.57. The van der Waals surface area contributed by atoms with E-state index >= 15 is 0 Å². The average Bonchev–Trinajstić information content (AvgIpc) is 2.41. The van der Waals surface area contributed by atoms with Crippen molar-refractivity contribution in [3.63, 3.8) is 0 Å². The molecule has 8 heteroatoms. The highest BCUT2D eigenvalue weighted by molar-refractivity contribution is 9.10. The van der Waals surface area contributed by atoms with E-state index in [2.05, 4.69) is 31.9 Å². The van der Waals surface area contributed by atoms with Crippen LogP contribution in [0.4, 0.5) is 0 Å². The third-order valence-electron chi connectivity index (χ3n) is 2.85. The zero-order valence-electron chi connectivity index (χ0n) is 9.85. The van der Waals surface area contributed by atoms with Crippen LogP contribution in [-0.2, 0) is 14.8 Å². The first kappa shape index (κ1) is 15.7. The third-order valence-corrected chi connectivity index (χ3v) is 6.76. The molecule has 0 saturated carbocycles. The lowest BCUT2D eigenvalue weighted by atomic mass is 10.3. The fourth-order valence-corrected chi connectivity index (χ4v) is 4.85. The number of halogens is 3. The smallest absolute Gasteiger partial charge is 0.243 e. The number of morpholine rings is 1. The summed E-state index contributed by atoms with van der Waals surface area (Å²) < 4.78 is 32.6. The van der Waals surface area contributed by atoms with Gasteiger partial charge in [-0.2, -0.15) is 4.31 Å². The van der Waals surface area contributed by atoms with E-state index in [0.29, 0.717) is 34.6 Å². The van der Waals surface area contributed by atoms with Crippen molar-refractivity contribution in [3.8, 4) is 0 Å². The maximum absolute atomic E-state index is 12.6. The van der Waals surface area contributed by atoms with Crippen LogP contribution in [0.2, 0.25) is 5.02 Å². The van der Waals surface area contributed by atoms with Crippen LogP contribution in [0.3, 0.4) is 0 Å². The Bertz CT molecular complexity index is 567. The largest absolute Gasteiger partial charge is 0.378 e. The molecule has 1 aromatic rings. The highest BCUT2D eigenvalue weighted by Crippen LogP contribution is 2.28. The predicted octanol–water partition coefficient (Wildman–Crippen LogP) is 2.89. The van der Waals surface area contributed by atoms with Crippen LogP contribution in [0.25, 0.3) is 0 Å². The number of rotatable bonds is 3. The van der Waals surface area contributed by atoms with Crippen LogP contribution in [0.1, 0.15) is 0 Å². The van der Waals surface area contributed by atoms with E-state index < -0.39 is 10.0 Å². The summed E-state index contributed by atoms with van der Waals surface area (Å²) in [5, 5.41) is 1.03. The van der Waals surface area contributed by atoms with Crippen molar-refractivity contribution in [1.29, 1.82) is 0 Å². The molecule has 4 nitrogen and oxygen atoms in total. The summed E-state index contributed by atoms with van der Waals surface area (Å²) in [5.41, 5.74) is 0. The van der Waals surface area contributed by atoms with Crippen molar-refractivity contribution >= 4 is 53.5 Å². The number of ether oxygens (including phenoxy) is 1. The molecule has 0 radical (unpaired) electrons. The fourth-order valence-electron chi connectivity index (χ4n) is 1.85. The zero-order chi connectivity index (χ0) is 14.0. The molecule has 1 saturated heterocycles. The molecule has 0 spiro atoms. The van der Waals surface area contributed by atoms with Crippen molar-refractivity contribution in [2.75, 3.05) is 25.1 Å². The molecule has 1 aliphatic rings. The van der Waals surface area contributed by atoms with E-state index in [-0.39, 0.29) is 10.9 Å². The zero-order valence-corrected chi connectivity index (χ0v) is 14.6. The first-order valence-corrected chi connectivity index (χ1v) is 9.30. The van der Waals surface area contributed by atoms with Crippen LogP contribution in [0.5, 0.6) is 0 Å². The van der Waals surface area contributed by atoms with Gasteiger partial charge in [-0.05, 0) is 34.1 Å². The molecule has 1 heterocycles. The Kier molecular flexibility index (Phi) is 5.30. The van der Waals surface area contributed by atoms with E-state index in [9.17, 15) is 8.42 Å². The summed E-state index contributed by atoms with van der Waals surface area (Å²) in [6.07, 6.45) is 0. The molecule has 0 N–H and O–H groups in total. The third kappa shape index (κ3) is 3.33. The molecule has 106 valence electrons. The quantitative estimate of drug-likeness (QED) is 0.689. The lowest BCUT2D eigenvalue weighted by Crippen LogP contribution is -2.49. The predicted molar refractivity (Wildman–Crippen MR) is 81.4 cm³/mol. The summed E-state index contributed by atoms with van der Waals surface area (Å²) in [5.74, 6) is 0. The van der Waals surface area contributed by atoms with Crippen LogP contribution in [0, 0.1) is 0 Å². The van der Waals surface area contributed by atoms with Crippen molar-refractivity contribution in [2.24, 2.45) is 0 Å². The fraction of sp³-hybridized carbons (Fsp3) is 0.455. The average molecular weight is 434 g/mol. The SMILES string of the molecule is O=S(=O)(c1ccc(Cl)c(Br)c1)N1CCOCC1CBr. The maximum atomic E-state index is 12.6. The highest BCUT2D eigenvalue weighted by atomic mass is 79.9. The number of alkyl halides is 1. The monoisotopic (exact) mass is 431 g/mol. The van der Waals surface area contributed by atoms with Crippen molar-refractivity contribution in [2.45, 2.75) is 10.9 Å². The molecule has 19 heavy (non-hydrogen) atoms. The van der Waals surface area contributed by atoms with E-state index in [1.807, 2.05) is 0 Å². The summed E-state index contributed by atoms with van der Waals surface area (Å²) in [4.78, 5) is 0.233. The van der Waals surface area contributed by atoms with Crippen LogP contribution in [-0.4, -0.2) is 43.9 Å². The molecule has 1 aliphatic heterocycles. The molecule has 0 aromatic heterocycles. The Labute approximate surface area is 134 Å². The van der Waals surface area contributed by atoms with Gasteiger partial charge in [-0.1, -0.05) is 27.5 Å². The lowest BCUT2D eigenvalue weighted by molar-refractivity contribution is 0.0413. The standard InChI is InChI=1S/C11H12Br2ClNO3S/c12-6-8-7-18-4-3-15(8)19(16,17)9-1-2-11(14)10(13)5-9/h1-2,5,8H,3-4,6-7H2. The molecular weight excluding hydrogens is 421 g/mol. The number of hydrogen-bond acceptors (Lipinski definition) is 3. The van der Waals surface area contributed by atoms with Crippen molar-refractivity contribution in [3.05, 3.63) is 27.7 Å². The van der Waals surface area contributed by atoms with Gasteiger partial charge in [0.25, 0.3) is 0 Å². The normalized spacial score (nSPS) is 21.5. The van der Waals surface area contributed by atoms with Crippen LogP contribution >= 0.6 is 43.5 Å². The van der Waals surface area contributed by atoms with Gasteiger partial charge in [0.2, 0.25) is 10.0 Å². The minimum absolute atomic E-state index is 0.187. The Morgan fingerprint density at radius 2 is 2.21 bits per heavy atom. The highest BCUT2D eigenvalue weighted by Gasteiger charge is 2.33. The molecule has 1 aromatic carbocycles. The van der Waals surface area contributed by atoms with E-state index in [4.69, 9.17) is 16.3 Å². The topological polar surface area (TPSA) is 46.6 Å². The van der Waals surface area contributed by atoms with E-state index in [1.165, 1.54) is 16.4 Å². The van der Waals surface area contributed by atoms with Gasteiger partial charge in [0.1, 0.15) is 0 Å². The molecule has 0 amide bonds. The van der Waals surface area contributed by atoms with Crippen LogP contribution in [0.15, 0.2) is 27.6 Å². The lowest BCUT2D eigenvalue weighted by Gasteiger charge is -2.33. The summed E-state index contributed by atoms with van der Waals surface area (Å²) in [6, 6.07) is 4.43. The van der Waals surface area contributed by atoms with Gasteiger partial charge >= 0.3 is 0 Å². The van der Waals surface area contributed by atoms with Gasteiger partial charge in [0.15, 0.2) is 0 Å².